The quantitative estimate of drug-likeness (QED) is 0.846. The van der Waals surface area contributed by atoms with E-state index in [2.05, 4.69) is 33.5 Å². The molecule has 0 radical (unpaired) electrons. The van der Waals surface area contributed by atoms with E-state index in [-0.39, 0.29) is 6.03 Å². The molecule has 1 aliphatic rings. The Kier molecular flexibility index (Phi) is 4.64. The van der Waals surface area contributed by atoms with Crippen LogP contribution in [0.2, 0.25) is 0 Å². The lowest BCUT2D eigenvalue weighted by Crippen LogP contribution is -2.43. The molecule has 2 unspecified atom stereocenters. The van der Waals surface area contributed by atoms with Crippen LogP contribution in [-0.4, -0.2) is 12.1 Å². The molecular formula is C14H19BrN2O. The highest BCUT2D eigenvalue weighted by atomic mass is 79.9. The summed E-state index contributed by atoms with van der Waals surface area (Å²) in [7, 11) is 0. The summed E-state index contributed by atoms with van der Waals surface area (Å²) < 4.78 is 0.900. The van der Waals surface area contributed by atoms with Crippen LogP contribution in [0.1, 0.15) is 32.6 Å². The van der Waals surface area contributed by atoms with Gasteiger partial charge in [-0.25, -0.2) is 4.79 Å². The van der Waals surface area contributed by atoms with Crippen LogP contribution in [0.3, 0.4) is 0 Å². The van der Waals surface area contributed by atoms with Crippen molar-refractivity contribution in [2.24, 2.45) is 5.92 Å². The monoisotopic (exact) mass is 310 g/mol. The van der Waals surface area contributed by atoms with Crippen LogP contribution in [-0.2, 0) is 0 Å². The Morgan fingerprint density at radius 1 is 1.28 bits per heavy atom. The fraction of sp³-hybridized carbons (Fsp3) is 0.500. The summed E-state index contributed by atoms with van der Waals surface area (Å²) in [6, 6.07) is 7.83. The molecule has 0 aromatic heterocycles. The summed E-state index contributed by atoms with van der Waals surface area (Å²) in [6.07, 6.45) is 4.79. The molecule has 1 saturated carbocycles. The first kappa shape index (κ1) is 13.4. The molecule has 1 fully saturated rings. The third-order valence-corrected chi connectivity index (χ3v) is 4.24. The van der Waals surface area contributed by atoms with Crippen LogP contribution in [0.5, 0.6) is 0 Å². The summed E-state index contributed by atoms with van der Waals surface area (Å²) in [5.74, 6) is 0.573. The first-order chi connectivity index (χ1) is 8.66. The first-order valence-corrected chi connectivity index (χ1v) is 7.28. The number of rotatable bonds is 2. The molecule has 2 amide bonds. The molecule has 0 spiro atoms. The van der Waals surface area contributed by atoms with Crippen LogP contribution in [0, 0.1) is 5.92 Å². The molecule has 2 N–H and O–H groups in total. The van der Waals surface area contributed by atoms with Gasteiger partial charge in [0.1, 0.15) is 0 Å². The molecule has 0 saturated heterocycles. The Labute approximate surface area is 116 Å². The molecule has 0 bridgehead atoms. The van der Waals surface area contributed by atoms with Gasteiger partial charge in [-0.2, -0.15) is 0 Å². The summed E-state index contributed by atoms with van der Waals surface area (Å²) in [4.78, 5) is 11.9. The van der Waals surface area contributed by atoms with Gasteiger partial charge in [0.25, 0.3) is 0 Å². The Balaban J connectivity index is 1.90. The number of amides is 2. The smallest absolute Gasteiger partial charge is 0.319 e. The van der Waals surface area contributed by atoms with Gasteiger partial charge in [-0.15, -0.1) is 0 Å². The minimum Gasteiger partial charge on any atom is -0.335 e. The Morgan fingerprint density at radius 3 is 2.72 bits per heavy atom. The molecule has 3 nitrogen and oxygen atoms in total. The second kappa shape index (κ2) is 6.23. The van der Waals surface area contributed by atoms with E-state index in [1.165, 1.54) is 19.3 Å². The van der Waals surface area contributed by atoms with Gasteiger partial charge in [0.05, 0.1) is 5.69 Å². The van der Waals surface area contributed by atoms with Crippen LogP contribution in [0.4, 0.5) is 10.5 Å². The molecule has 0 heterocycles. The lowest BCUT2D eigenvalue weighted by Gasteiger charge is -2.29. The minimum atomic E-state index is -0.111. The molecule has 0 aliphatic heterocycles. The van der Waals surface area contributed by atoms with Gasteiger partial charge in [-0.3, -0.25) is 0 Å². The lowest BCUT2D eigenvalue weighted by molar-refractivity contribution is 0.232. The highest BCUT2D eigenvalue weighted by Crippen LogP contribution is 2.24. The largest absolute Gasteiger partial charge is 0.335 e. The van der Waals surface area contributed by atoms with Gasteiger partial charge in [0.15, 0.2) is 0 Å². The number of para-hydroxylation sites is 1. The third kappa shape index (κ3) is 3.48. The first-order valence-electron chi connectivity index (χ1n) is 6.49. The van der Waals surface area contributed by atoms with E-state index in [0.717, 1.165) is 16.6 Å². The van der Waals surface area contributed by atoms with Crippen molar-refractivity contribution in [1.82, 2.24) is 5.32 Å². The molecule has 4 heteroatoms. The van der Waals surface area contributed by atoms with Crippen molar-refractivity contribution in [2.45, 2.75) is 38.6 Å². The zero-order chi connectivity index (χ0) is 13.0. The van der Waals surface area contributed by atoms with E-state index in [0.29, 0.717) is 12.0 Å². The number of anilines is 1. The Bertz CT molecular complexity index is 422. The van der Waals surface area contributed by atoms with Crippen molar-refractivity contribution in [2.75, 3.05) is 5.32 Å². The Morgan fingerprint density at radius 2 is 2.00 bits per heavy atom. The van der Waals surface area contributed by atoms with Crippen molar-refractivity contribution in [3.8, 4) is 0 Å². The number of halogens is 1. The summed E-state index contributed by atoms with van der Waals surface area (Å²) >= 11 is 3.42. The van der Waals surface area contributed by atoms with Gasteiger partial charge in [0.2, 0.25) is 0 Å². The van der Waals surface area contributed by atoms with Gasteiger partial charge < -0.3 is 10.6 Å². The number of nitrogens with one attached hydrogen (secondary N) is 2. The van der Waals surface area contributed by atoms with Gasteiger partial charge >= 0.3 is 6.03 Å². The fourth-order valence-corrected chi connectivity index (χ4v) is 2.80. The number of hydrogen-bond acceptors (Lipinski definition) is 1. The van der Waals surface area contributed by atoms with Crippen LogP contribution >= 0.6 is 15.9 Å². The highest BCUT2D eigenvalue weighted by Gasteiger charge is 2.22. The number of carbonyl (C=O) groups is 1. The predicted octanol–water partition coefficient (Wildman–Crippen LogP) is 4.15. The SMILES string of the molecule is CC1CCCCC1NC(=O)Nc1ccccc1Br. The van der Waals surface area contributed by atoms with Crippen molar-refractivity contribution in [3.05, 3.63) is 28.7 Å². The normalized spacial score (nSPS) is 23.4. The number of benzene rings is 1. The maximum Gasteiger partial charge on any atom is 0.319 e. The van der Waals surface area contributed by atoms with E-state index in [1.54, 1.807) is 0 Å². The molecule has 1 aromatic carbocycles. The molecule has 2 atom stereocenters. The van der Waals surface area contributed by atoms with Crippen molar-refractivity contribution < 1.29 is 4.79 Å². The molecular weight excluding hydrogens is 292 g/mol. The lowest BCUT2D eigenvalue weighted by atomic mass is 9.86. The minimum absolute atomic E-state index is 0.111. The van der Waals surface area contributed by atoms with E-state index >= 15 is 0 Å². The predicted molar refractivity (Wildman–Crippen MR) is 77.7 cm³/mol. The summed E-state index contributed by atoms with van der Waals surface area (Å²) in [5, 5.41) is 5.95. The molecule has 1 aliphatic carbocycles. The Hall–Kier alpha value is -1.03. The maximum atomic E-state index is 11.9. The average molecular weight is 311 g/mol. The second-order valence-electron chi connectivity index (χ2n) is 4.95. The molecule has 18 heavy (non-hydrogen) atoms. The average Bonchev–Trinajstić information content (AvgIpc) is 2.35. The van der Waals surface area contributed by atoms with Crippen molar-refractivity contribution in [3.63, 3.8) is 0 Å². The van der Waals surface area contributed by atoms with Crippen LogP contribution < -0.4 is 10.6 Å². The fourth-order valence-electron chi connectivity index (χ4n) is 2.42. The van der Waals surface area contributed by atoms with Crippen molar-refractivity contribution >= 4 is 27.6 Å². The number of carbonyl (C=O) groups excluding carboxylic acids is 1. The summed E-state index contributed by atoms with van der Waals surface area (Å²) in [5.41, 5.74) is 0.804. The number of urea groups is 1. The maximum absolute atomic E-state index is 11.9. The topological polar surface area (TPSA) is 41.1 Å². The highest BCUT2D eigenvalue weighted by molar-refractivity contribution is 9.10. The van der Waals surface area contributed by atoms with Gasteiger partial charge in [-0.05, 0) is 46.8 Å². The van der Waals surface area contributed by atoms with Crippen molar-refractivity contribution in [1.29, 1.82) is 0 Å². The standard InChI is InChI=1S/C14H19BrN2O/c1-10-6-2-4-8-12(10)16-14(18)17-13-9-5-3-7-11(13)15/h3,5,7,9-10,12H,2,4,6,8H2,1H3,(H2,16,17,18). The molecule has 98 valence electrons. The van der Waals surface area contributed by atoms with Gasteiger partial charge in [0, 0.05) is 10.5 Å². The molecule has 2 rings (SSSR count). The number of hydrogen-bond donors (Lipinski definition) is 2. The zero-order valence-electron chi connectivity index (χ0n) is 10.6. The van der Waals surface area contributed by atoms with E-state index < -0.39 is 0 Å². The third-order valence-electron chi connectivity index (χ3n) is 3.55. The second-order valence-corrected chi connectivity index (χ2v) is 5.80. The summed E-state index contributed by atoms with van der Waals surface area (Å²) in [6.45, 7) is 2.21. The molecule has 1 aromatic rings. The van der Waals surface area contributed by atoms with E-state index in [1.807, 2.05) is 24.3 Å². The van der Waals surface area contributed by atoms with Crippen LogP contribution in [0.15, 0.2) is 28.7 Å². The van der Waals surface area contributed by atoms with Crippen LogP contribution in [0.25, 0.3) is 0 Å². The zero-order valence-corrected chi connectivity index (χ0v) is 12.2. The van der Waals surface area contributed by atoms with Gasteiger partial charge in [-0.1, -0.05) is 31.9 Å². The van der Waals surface area contributed by atoms with E-state index in [4.69, 9.17) is 0 Å². The van der Waals surface area contributed by atoms with E-state index in [9.17, 15) is 4.79 Å².